The van der Waals surface area contributed by atoms with Crippen LogP contribution in [0, 0.1) is 10.8 Å². The Bertz CT molecular complexity index is 1630. The quantitative estimate of drug-likeness (QED) is 0.324. The summed E-state index contributed by atoms with van der Waals surface area (Å²) in [5.41, 5.74) is -8.45. The van der Waals surface area contributed by atoms with E-state index in [2.05, 4.69) is 5.32 Å². The predicted molar refractivity (Wildman–Crippen MR) is 132 cm³/mol. The van der Waals surface area contributed by atoms with Gasteiger partial charge < -0.3 is 15.2 Å². The summed E-state index contributed by atoms with van der Waals surface area (Å²) in [6, 6.07) is 11.8. The van der Waals surface area contributed by atoms with Crippen molar-refractivity contribution in [3.8, 4) is 5.75 Å². The Hall–Kier alpha value is -3.81. The van der Waals surface area contributed by atoms with E-state index < -0.39 is 74.4 Å². The van der Waals surface area contributed by atoms with Crippen molar-refractivity contribution >= 4 is 32.5 Å². The number of carboxylic acids is 1. The molecule has 41 heavy (non-hydrogen) atoms. The summed E-state index contributed by atoms with van der Waals surface area (Å²) in [4.78, 5) is 24.4. The maximum atomic E-state index is 13.3. The molecular formula is C27H21F6NO6S. The average molecular weight is 602 g/mol. The van der Waals surface area contributed by atoms with Crippen molar-refractivity contribution in [1.29, 1.82) is 0 Å². The summed E-state index contributed by atoms with van der Waals surface area (Å²) in [5, 5.41) is 13.2. The maximum absolute atomic E-state index is 13.3. The van der Waals surface area contributed by atoms with Gasteiger partial charge >= 0.3 is 17.7 Å². The lowest BCUT2D eigenvalue weighted by Gasteiger charge is -2.72. The number of carbonyl (C=O) groups excluding carboxylic acids is 1. The number of halogens is 6. The van der Waals surface area contributed by atoms with E-state index in [-0.39, 0.29) is 23.5 Å². The van der Waals surface area contributed by atoms with E-state index in [1.807, 2.05) is 0 Å². The third kappa shape index (κ3) is 4.67. The molecule has 218 valence electrons. The first kappa shape index (κ1) is 28.7. The molecule has 3 aliphatic carbocycles. The number of carboxylic acid groups (broad SMARTS) is 1. The van der Waals surface area contributed by atoms with Crippen LogP contribution in [0.25, 0.3) is 10.8 Å². The van der Waals surface area contributed by atoms with Gasteiger partial charge in [0.1, 0.15) is 18.4 Å². The van der Waals surface area contributed by atoms with Gasteiger partial charge in [-0.2, -0.15) is 26.3 Å². The maximum Gasteiger partial charge on any atom is 0.501 e. The van der Waals surface area contributed by atoms with Crippen molar-refractivity contribution in [3.63, 3.8) is 0 Å². The molecule has 3 aromatic carbocycles. The molecule has 0 radical (unpaired) electrons. The molecule has 7 nitrogen and oxygen atoms in total. The van der Waals surface area contributed by atoms with E-state index in [4.69, 9.17) is 4.74 Å². The van der Waals surface area contributed by atoms with Crippen LogP contribution < -0.4 is 10.1 Å². The minimum absolute atomic E-state index is 0.00101. The molecule has 0 spiro atoms. The van der Waals surface area contributed by atoms with E-state index in [1.165, 1.54) is 6.07 Å². The van der Waals surface area contributed by atoms with E-state index in [9.17, 15) is 49.5 Å². The van der Waals surface area contributed by atoms with Gasteiger partial charge in [-0.15, -0.1) is 0 Å². The molecule has 0 aromatic heterocycles. The minimum atomic E-state index is -5.55. The fourth-order valence-corrected chi connectivity index (χ4v) is 6.55. The standard InChI is InChI=1S/C27H21F6NO6S/c28-26(29,30)25-12-24(13-25,14-25)21(23(36)37)34-22(35)19-10-7-16-3-1-2-4-18(16)20(19)40-11-15-5-8-17(9-6-15)41(38,39)27(31,32)33/h1-10,21H,11-14H2,(H,34,35)(H,36,37)/t21-,24?,25?/m1/s1. The fraction of sp³-hybridized carbons (Fsp3) is 0.333. The zero-order chi connectivity index (χ0) is 30.0. The zero-order valence-corrected chi connectivity index (χ0v) is 21.7. The third-order valence-electron chi connectivity index (χ3n) is 7.85. The summed E-state index contributed by atoms with van der Waals surface area (Å²) in [7, 11) is -5.55. The van der Waals surface area contributed by atoms with Crippen LogP contribution in [0.2, 0.25) is 0 Å². The number of alkyl halides is 6. The van der Waals surface area contributed by atoms with Crippen LogP contribution in [0.3, 0.4) is 0 Å². The lowest BCUT2D eigenvalue weighted by Crippen LogP contribution is -2.75. The molecule has 3 fully saturated rings. The lowest BCUT2D eigenvalue weighted by molar-refractivity contribution is -0.367. The predicted octanol–water partition coefficient (Wildman–Crippen LogP) is 5.63. The second kappa shape index (κ2) is 9.36. The molecule has 2 N–H and O–H groups in total. The van der Waals surface area contributed by atoms with E-state index in [0.717, 1.165) is 24.3 Å². The van der Waals surface area contributed by atoms with Crippen LogP contribution in [0.4, 0.5) is 26.3 Å². The lowest BCUT2D eigenvalue weighted by atomic mass is 9.33. The number of amides is 1. The number of fused-ring (bicyclic) bond motifs is 1. The van der Waals surface area contributed by atoms with Crippen LogP contribution in [-0.4, -0.2) is 43.1 Å². The molecule has 1 amide bonds. The molecule has 2 bridgehead atoms. The molecule has 0 unspecified atom stereocenters. The summed E-state index contributed by atoms with van der Waals surface area (Å²) in [6.07, 6.45) is -5.66. The highest BCUT2D eigenvalue weighted by Gasteiger charge is 2.81. The van der Waals surface area contributed by atoms with Crippen LogP contribution in [0.1, 0.15) is 35.2 Å². The number of sulfone groups is 1. The molecule has 14 heteroatoms. The highest BCUT2D eigenvalue weighted by molar-refractivity contribution is 7.92. The Morgan fingerprint density at radius 1 is 0.927 bits per heavy atom. The van der Waals surface area contributed by atoms with E-state index in [1.54, 1.807) is 30.3 Å². The Morgan fingerprint density at radius 2 is 1.54 bits per heavy atom. The fourth-order valence-electron chi connectivity index (χ4n) is 5.79. The number of aliphatic carboxylic acids is 1. The van der Waals surface area contributed by atoms with Crippen molar-refractivity contribution in [3.05, 3.63) is 71.8 Å². The number of rotatable bonds is 8. The molecule has 0 saturated heterocycles. The van der Waals surface area contributed by atoms with Gasteiger partial charge in [-0.05, 0) is 48.4 Å². The van der Waals surface area contributed by atoms with Crippen LogP contribution in [0.5, 0.6) is 5.75 Å². The van der Waals surface area contributed by atoms with Crippen molar-refractivity contribution in [2.45, 2.75) is 48.5 Å². The number of hydrogen-bond acceptors (Lipinski definition) is 5. The Morgan fingerprint density at radius 3 is 2.10 bits per heavy atom. The van der Waals surface area contributed by atoms with E-state index >= 15 is 0 Å². The summed E-state index contributed by atoms with van der Waals surface area (Å²) >= 11 is 0. The second-order valence-corrected chi connectivity index (χ2v) is 12.4. The largest absolute Gasteiger partial charge is 0.501 e. The summed E-state index contributed by atoms with van der Waals surface area (Å²) < 4.78 is 108. The van der Waals surface area contributed by atoms with Gasteiger partial charge in [-0.25, -0.2) is 13.2 Å². The van der Waals surface area contributed by atoms with Gasteiger partial charge in [0.15, 0.2) is 0 Å². The van der Waals surface area contributed by atoms with Crippen molar-refractivity contribution < 1.29 is 54.2 Å². The van der Waals surface area contributed by atoms with Gasteiger partial charge in [-0.1, -0.05) is 42.5 Å². The number of hydrogen-bond donors (Lipinski definition) is 2. The Balaban J connectivity index is 1.39. The van der Waals surface area contributed by atoms with E-state index in [0.29, 0.717) is 10.8 Å². The highest BCUT2D eigenvalue weighted by atomic mass is 32.2. The monoisotopic (exact) mass is 601 g/mol. The van der Waals surface area contributed by atoms with Gasteiger partial charge in [0, 0.05) is 10.8 Å². The smallest absolute Gasteiger partial charge is 0.487 e. The average Bonchev–Trinajstić information content (AvgIpc) is 2.83. The Kier molecular flexibility index (Phi) is 6.56. The van der Waals surface area contributed by atoms with Gasteiger partial charge in [-0.3, -0.25) is 4.79 Å². The zero-order valence-electron chi connectivity index (χ0n) is 20.8. The van der Waals surface area contributed by atoms with Crippen molar-refractivity contribution in [2.75, 3.05) is 0 Å². The first-order valence-corrected chi connectivity index (χ1v) is 13.6. The molecule has 3 saturated carbocycles. The van der Waals surface area contributed by atoms with Gasteiger partial charge in [0.25, 0.3) is 15.7 Å². The molecule has 0 heterocycles. The molecule has 3 aromatic rings. The minimum Gasteiger partial charge on any atom is -0.487 e. The number of ether oxygens (including phenoxy) is 1. The first-order valence-electron chi connectivity index (χ1n) is 12.2. The highest BCUT2D eigenvalue weighted by Crippen LogP contribution is 2.79. The van der Waals surface area contributed by atoms with Gasteiger partial charge in [0.05, 0.1) is 15.9 Å². The second-order valence-electron chi connectivity index (χ2n) is 10.5. The van der Waals surface area contributed by atoms with Crippen LogP contribution in [-0.2, 0) is 21.2 Å². The molecule has 3 aliphatic rings. The van der Waals surface area contributed by atoms with Crippen molar-refractivity contribution in [1.82, 2.24) is 5.32 Å². The summed E-state index contributed by atoms with van der Waals surface area (Å²) in [6.45, 7) is -0.305. The van der Waals surface area contributed by atoms with Crippen LogP contribution >= 0.6 is 0 Å². The summed E-state index contributed by atoms with van der Waals surface area (Å²) in [5.74, 6) is -2.36. The molecule has 6 rings (SSSR count). The molecule has 1 atom stereocenters. The number of nitrogens with one attached hydrogen (secondary N) is 1. The first-order chi connectivity index (χ1) is 19.0. The molecular weight excluding hydrogens is 580 g/mol. The van der Waals surface area contributed by atoms with Crippen LogP contribution in [0.15, 0.2) is 65.6 Å². The normalized spacial score (nSPS) is 22.8. The van der Waals surface area contributed by atoms with Crippen molar-refractivity contribution in [2.24, 2.45) is 10.8 Å². The topological polar surface area (TPSA) is 110 Å². The number of carbonyl (C=O) groups is 2. The molecule has 0 aliphatic heterocycles. The SMILES string of the molecule is O=C(N[C@H](C(=O)O)C12CC(C(F)(F)F)(C1)C2)c1ccc2ccccc2c1OCc1ccc(S(=O)(=O)C(F)(F)F)cc1. The Labute approximate surface area is 229 Å². The number of benzene rings is 3. The van der Waals surface area contributed by atoms with Gasteiger partial charge in [0.2, 0.25) is 0 Å². The third-order valence-corrected chi connectivity index (χ3v) is 9.36.